The second-order valence-corrected chi connectivity index (χ2v) is 3.55. The zero-order chi connectivity index (χ0) is 13.6. The number of aliphatic hydroxyl groups is 1. The van der Waals surface area contributed by atoms with Crippen LogP contribution in [0.4, 0.5) is 23.7 Å². The number of rotatable bonds is 4. The topological polar surface area (TPSA) is 61.4 Å². The molecule has 0 spiro atoms. The minimum atomic E-state index is -4.33. The lowest BCUT2D eigenvalue weighted by atomic mass is 10.1. The summed E-state index contributed by atoms with van der Waals surface area (Å²) in [7, 11) is 0. The zero-order valence-electron chi connectivity index (χ0n) is 9.42. The third-order valence-electron chi connectivity index (χ3n) is 2.05. The minimum Gasteiger partial charge on any atom is -0.395 e. The lowest BCUT2D eigenvalue weighted by molar-refractivity contribution is -0.127. The molecule has 0 heterocycles. The van der Waals surface area contributed by atoms with Crippen LogP contribution in [0.3, 0.4) is 0 Å². The number of hydrogen-bond acceptors (Lipinski definition) is 2. The molecule has 0 radical (unpaired) electrons. The molecule has 100 valence electrons. The molecule has 1 aromatic carbocycles. The maximum Gasteiger partial charge on any atom is 0.393 e. The van der Waals surface area contributed by atoms with Crippen molar-refractivity contribution < 1.29 is 23.1 Å². The number of alkyl halides is 3. The molecule has 2 amide bonds. The van der Waals surface area contributed by atoms with E-state index in [-0.39, 0.29) is 24.4 Å². The van der Waals surface area contributed by atoms with Crippen molar-refractivity contribution in [3.8, 4) is 0 Å². The van der Waals surface area contributed by atoms with Gasteiger partial charge in [0.1, 0.15) is 0 Å². The summed E-state index contributed by atoms with van der Waals surface area (Å²) in [6, 6.07) is 5.03. The molecule has 0 saturated heterocycles. The molecule has 0 unspecified atom stereocenters. The van der Waals surface area contributed by atoms with E-state index in [1.807, 2.05) is 0 Å². The highest BCUT2D eigenvalue weighted by Crippen LogP contribution is 2.25. The van der Waals surface area contributed by atoms with E-state index in [2.05, 4.69) is 10.6 Å². The van der Waals surface area contributed by atoms with Gasteiger partial charge in [0.15, 0.2) is 0 Å². The molecule has 4 nitrogen and oxygen atoms in total. The second kappa shape index (κ2) is 6.25. The van der Waals surface area contributed by atoms with Crippen molar-refractivity contribution in [3.63, 3.8) is 0 Å². The van der Waals surface area contributed by atoms with Gasteiger partial charge in [-0.25, -0.2) is 4.79 Å². The average molecular weight is 262 g/mol. The van der Waals surface area contributed by atoms with Gasteiger partial charge in [0.2, 0.25) is 0 Å². The number of hydrogen-bond donors (Lipinski definition) is 3. The molecule has 0 atom stereocenters. The van der Waals surface area contributed by atoms with E-state index >= 15 is 0 Å². The standard InChI is InChI=1S/C11H13F3N2O2/c12-11(13,14)7-8-3-1-2-4-9(8)16-10(18)15-5-6-17/h1-4,17H,5-7H2,(H2,15,16,18). The van der Waals surface area contributed by atoms with Gasteiger partial charge in [0.25, 0.3) is 0 Å². The van der Waals surface area contributed by atoms with E-state index < -0.39 is 18.6 Å². The molecule has 0 aliphatic heterocycles. The van der Waals surface area contributed by atoms with Crippen LogP contribution in [0.2, 0.25) is 0 Å². The lowest BCUT2D eigenvalue weighted by Crippen LogP contribution is -2.31. The Labute approximate surface area is 102 Å². The van der Waals surface area contributed by atoms with Crippen LogP contribution in [0, 0.1) is 0 Å². The van der Waals surface area contributed by atoms with Gasteiger partial charge >= 0.3 is 12.2 Å². The van der Waals surface area contributed by atoms with Crippen LogP contribution in [0.25, 0.3) is 0 Å². The number of carbonyl (C=O) groups excluding carboxylic acids is 1. The second-order valence-electron chi connectivity index (χ2n) is 3.55. The van der Waals surface area contributed by atoms with E-state index in [0.29, 0.717) is 0 Å². The summed E-state index contributed by atoms with van der Waals surface area (Å²) in [6.45, 7) is -0.203. The van der Waals surface area contributed by atoms with Gasteiger partial charge < -0.3 is 15.7 Å². The lowest BCUT2D eigenvalue weighted by Gasteiger charge is -2.13. The molecule has 0 fully saturated rings. The van der Waals surface area contributed by atoms with Gasteiger partial charge in [0, 0.05) is 12.2 Å². The van der Waals surface area contributed by atoms with Gasteiger partial charge in [-0.3, -0.25) is 0 Å². The fraction of sp³-hybridized carbons (Fsp3) is 0.364. The van der Waals surface area contributed by atoms with Gasteiger partial charge in [0.05, 0.1) is 13.0 Å². The highest BCUT2D eigenvalue weighted by atomic mass is 19.4. The summed E-state index contributed by atoms with van der Waals surface area (Å²) in [5, 5.41) is 13.1. The van der Waals surface area contributed by atoms with Crippen molar-refractivity contribution in [2.24, 2.45) is 0 Å². The van der Waals surface area contributed by atoms with Crippen LogP contribution in [0.5, 0.6) is 0 Å². The highest BCUT2D eigenvalue weighted by Gasteiger charge is 2.28. The average Bonchev–Trinajstić information content (AvgIpc) is 2.27. The fourth-order valence-corrected chi connectivity index (χ4v) is 1.35. The van der Waals surface area contributed by atoms with Crippen LogP contribution >= 0.6 is 0 Å². The Morgan fingerprint density at radius 2 is 1.94 bits per heavy atom. The summed E-state index contributed by atoms with van der Waals surface area (Å²) in [5.41, 5.74) is 0.0920. The van der Waals surface area contributed by atoms with E-state index in [0.717, 1.165) is 0 Å². The number of benzene rings is 1. The third kappa shape index (κ3) is 5.05. The Balaban J connectivity index is 2.73. The Morgan fingerprint density at radius 3 is 2.56 bits per heavy atom. The van der Waals surface area contributed by atoms with Crippen LogP contribution in [0.1, 0.15) is 5.56 Å². The van der Waals surface area contributed by atoms with Crippen molar-refractivity contribution in [2.75, 3.05) is 18.5 Å². The van der Waals surface area contributed by atoms with Crippen LogP contribution in [-0.2, 0) is 6.42 Å². The van der Waals surface area contributed by atoms with Crippen LogP contribution in [0.15, 0.2) is 24.3 Å². The first-order valence-corrected chi connectivity index (χ1v) is 5.23. The summed E-state index contributed by atoms with van der Waals surface area (Å²) in [6.07, 6.45) is -5.44. The highest BCUT2D eigenvalue weighted by molar-refractivity contribution is 5.90. The summed E-state index contributed by atoms with van der Waals surface area (Å²) in [4.78, 5) is 11.3. The first-order chi connectivity index (χ1) is 8.42. The number of amides is 2. The maximum absolute atomic E-state index is 12.3. The summed E-state index contributed by atoms with van der Waals surface area (Å²) < 4.78 is 36.9. The molecule has 18 heavy (non-hydrogen) atoms. The van der Waals surface area contributed by atoms with Crippen LogP contribution < -0.4 is 10.6 Å². The SMILES string of the molecule is O=C(NCCO)Nc1ccccc1CC(F)(F)F. The maximum atomic E-state index is 12.3. The number of nitrogens with one attached hydrogen (secondary N) is 2. The van der Waals surface area contributed by atoms with Crippen molar-refractivity contribution in [2.45, 2.75) is 12.6 Å². The molecule has 0 aliphatic rings. The fourth-order valence-electron chi connectivity index (χ4n) is 1.35. The van der Waals surface area contributed by atoms with E-state index in [4.69, 9.17) is 5.11 Å². The Kier molecular flexibility index (Phi) is 4.96. The van der Waals surface area contributed by atoms with Gasteiger partial charge in [-0.1, -0.05) is 18.2 Å². The minimum absolute atomic E-state index is 0.0100. The molecule has 1 aromatic rings. The quantitative estimate of drug-likeness (QED) is 0.776. The number of halogens is 3. The largest absolute Gasteiger partial charge is 0.395 e. The smallest absolute Gasteiger partial charge is 0.393 e. The molecular formula is C11H13F3N2O2. The van der Waals surface area contributed by atoms with E-state index in [9.17, 15) is 18.0 Å². The van der Waals surface area contributed by atoms with Crippen molar-refractivity contribution in [3.05, 3.63) is 29.8 Å². The predicted molar refractivity (Wildman–Crippen MR) is 60.3 cm³/mol. The molecular weight excluding hydrogens is 249 g/mol. The Hall–Kier alpha value is -1.76. The number of anilines is 1. The van der Waals surface area contributed by atoms with Crippen molar-refractivity contribution in [1.82, 2.24) is 5.32 Å². The third-order valence-corrected chi connectivity index (χ3v) is 2.05. The first-order valence-electron chi connectivity index (χ1n) is 5.23. The van der Waals surface area contributed by atoms with E-state index in [1.54, 1.807) is 0 Å². The molecule has 0 bridgehead atoms. The molecule has 0 aromatic heterocycles. The molecule has 7 heteroatoms. The van der Waals surface area contributed by atoms with Gasteiger partial charge in [-0.05, 0) is 11.6 Å². The summed E-state index contributed by atoms with van der Waals surface area (Å²) in [5.74, 6) is 0. The van der Waals surface area contributed by atoms with Gasteiger partial charge in [-0.15, -0.1) is 0 Å². The number of carbonyl (C=O) groups is 1. The predicted octanol–water partition coefficient (Wildman–Crippen LogP) is 1.91. The van der Waals surface area contributed by atoms with Crippen molar-refractivity contribution in [1.29, 1.82) is 0 Å². The molecule has 0 saturated carbocycles. The Morgan fingerprint density at radius 1 is 1.28 bits per heavy atom. The molecule has 3 N–H and O–H groups in total. The van der Waals surface area contributed by atoms with E-state index in [1.165, 1.54) is 24.3 Å². The van der Waals surface area contributed by atoms with Crippen molar-refractivity contribution >= 4 is 11.7 Å². The number of para-hydroxylation sites is 1. The van der Waals surface area contributed by atoms with Crippen LogP contribution in [-0.4, -0.2) is 30.5 Å². The zero-order valence-corrected chi connectivity index (χ0v) is 9.42. The number of urea groups is 1. The van der Waals surface area contributed by atoms with Gasteiger partial charge in [-0.2, -0.15) is 13.2 Å². The summed E-state index contributed by atoms with van der Waals surface area (Å²) >= 11 is 0. The monoisotopic (exact) mass is 262 g/mol. The number of aliphatic hydroxyl groups excluding tert-OH is 1. The Bertz CT molecular complexity index is 408. The molecule has 0 aliphatic carbocycles. The first kappa shape index (κ1) is 14.3. The normalized spacial score (nSPS) is 11.1. The molecule has 1 rings (SSSR count).